The van der Waals surface area contributed by atoms with Gasteiger partial charge in [0.25, 0.3) is 0 Å². The SMILES string of the molecule is COc1ccc(CCN(C(=O)Nc2ccccc2)C(Cc2ccccc2)CN(C(=O)Nc2ccccc2)[C@H](CCCCN(C)C(=O)Nc2ccccc2)CNC(=O)NC(=O)Nc2ccccc2)cc1. The monoisotopic (exact) mass is 931 g/mol. The molecule has 15 heteroatoms. The second-order valence-electron chi connectivity index (χ2n) is 16.4. The standard InChI is InChI=1S/C54H61N9O6/c1-61(52(66)57-44-24-12-5-13-25-44)36-19-18-30-47(39-55-50(64)60-51(65)56-43-22-10-4-11-23-43)63(54(68)59-46-28-16-7-17-29-46)40-48(38-42-20-8-3-9-21-42)62(53(67)58-45-26-14-6-15-27-45)37-35-41-31-33-49(69-2)34-32-41/h3-17,20-29,31-34,47-48H,18-19,30,35-40H2,1-2H3,(H,57,66)(H,58,67)(H,59,68)(H3,55,56,60,64,65)/t47-,48?/m1/s1. The van der Waals surface area contributed by atoms with Crippen molar-refractivity contribution in [1.82, 2.24) is 25.3 Å². The normalized spacial score (nSPS) is 11.4. The van der Waals surface area contributed by atoms with E-state index < -0.39 is 30.2 Å². The van der Waals surface area contributed by atoms with E-state index >= 15 is 0 Å². The lowest BCUT2D eigenvalue weighted by Gasteiger charge is -2.39. The first kappa shape index (κ1) is 50.1. The minimum Gasteiger partial charge on any atom is -0.497 e. The Morgan fingerprint density at radius 1 is 0.493 bits per heavy atom. The van der Waals surface area contributed by atoms with Gasteiger partial charge in [-0.05, 0) is 104 Å². The van der Waals surface area contributed by atoms with Crippen LogP contribution in [0.3, 0.4) is 0 Å². The summed E-state index contributed by atoms with van der Waals surface area (Å²) in [4.78, 5) is 74.1. The summed E-state index contributed by atoms with van der Waals surface area (Å²) in [6.07, 6.45) is 2.36. The molecular formula is C54H61N9O6. The van der Waals surface area contributed by atoms with E-state index in [1.54, 1.807) is 65.3 Å². The molecular weight excluding hydrogens is 871 g/mol. The van der Waals surface area contributed by atoms with Crippen LogP contribution in [0.25, 0.3) is 0 Å². The van der Waals surface area contributed by atoms with Crippen LogP contribution in [0.1, 0.15) is 30.4 Å². The quantitative estimate of drug-likeness (QED) is 0.0392. The number of nitrogens with one attached hydrogen (secondary N) is 6. The zero-order valence-corrected chi connectivity index (χ0v) is 39.1. The van der Waals surface area contributed by atoms with Crippen molar-refractivity contribution in [3.63, 3.8) is 0 Å². The number of rotatable bonds is 21. The Balaban J connectivity index is 1.31. The molecule has 0 fully saturated rings. The zero-order chi connectivity index (χ0) is 48.6. The molecule has 6 N–H and O–H groups in total. The molecule has 6 aromatic carbocycles. The van der Waals surface area contributed by atoms with Gasteiger partial charge in [0.15, 0.2) is 0 Å². The molecule has 0 aliphatic carbocycles. The van der Waals surface area contributed by atoms with Gasteiger partial charge in [-0.3, -0.25) is 5.32 Å². The second-order valence-corrected chi connectivity index (χ2v) is 16.4. The van der Waals surface area contributed by atoms with E-state index in [9.17, 15) is 24.0 Å². The first-order chi connectivity index (χ1) is 33.6. The number of urea groups is 5. The maximum Gasteiger partial charge on any atom is 0.327 e. The maximum absolute atomic E-state index is 14.9. The molecule has 69 heavy (non-hydrogen) atoms. The number of carbonyl (C=O) groups is 5. The number of hydrogen-bond donors (Lipinski definition) is 6. The van der Waals surface area contributed by atoms with Crippen LogP contribution in [-0.4, -0.2) is 97.3 Å². The van der Waals surface area contributed by atoms with Crippen LogP contribution < -0.4 is 36.6 Å². The highest BCUT2D eigenvalue weighted by Gasteiger charge is 2.32. The highest BCUT2D eigenvalue weighted by Crippen LogP contribution is 2.21. The van der Waals surface area contributed by atoms with Gasteiger partial charge in [0.1, 0.15) is 5.75 Å². The molecule has 15 nitrogen and oxygen atoms in total. The highest BCUT2D eigenvalue weighted by molar-refractivity contribution is 6.00. The summed E-state index contributed by atoms with van der Waals surface area (Å²) in [5.41, 5.74) is 4.28. The van der Waals surface area contributed by atoms with Crippen molar-refractivity contribution in [2.45, 2.75) is 44.2 Å². The minimum atomic E-state index is -0.765. The van der Waals surface area contributed by atoms with Crippen molar-refractivity contribution >= 4 is 52.9 Å². The third-order valence-corrected chi connectivity index (χ3v) is 11.4. The van der Waals surface area contributed by atoms with Crippen LogP contribution in [-0.2, 0) is 12.8 Å². The number of amides is 10. The van der Waals surface area contributed by atoms with E-state index in [2.05, 4.69) is 31.9 Å². The van der Waals surface area contributed by atoms with Gasteiger partial charge < -0.3 is 46.0 Å². The number of imide groups is 1. The Morgan fingerprint density at radius 3 is 1.49 bits per heavy atom. The Hall–Kier alpha value is -8.33. The summed E-state index contributed by atoms with van der Waals surface area (Å²) in [7, 11) is 3.33. The van der Waals surface area contributed by atoms with Gasteiger partial charge in [-0.1, -0.05) is 115 Å². The van der Waals surface area contributed by atoms with Crippen LogP contribution >= 0.6 is 0 Å². The third kappa shape index (κ3) is 16.8. The van der Waals surface area contributed by atoms with E-state index in [-0.39, 0.29) is 31.7 Å². The zero-order valence-electron chi connectivity index (χ0n) is 39.1. The minimum absolute atomic E-state index is 0.0419. The molecule has 6 rings (SSSR count). The number of para-hydroxylation sites is 4. The van der Waals surface area contributed by atoms with Gasteiger partial charge in [-0.15, -0.1) is 0 Å². The van der Waals surface area contributed by atoms with Gasteiger partial charge in [-0.2, -0.15) is 0 Å². The largest absolute Gasteiger partial charge is 0.497 e. The van der Waals surface area contributed by atoms with Crippen LogP contribution in [0, 0.1) is 0 Å². The predicted octanol–water partition coefficient (Wildman–Crippen LogP) is 10.2. The molecule has 10 amide bonds. The lowest BCUT2D eigenvalue weighted by atomic mass is 10.0. The Morgan fingerprint density at radius 2 is 0.971 bits per heavy atom. The average molecular weight is 932 g/mol. The highest BCUT2D eigenvalue weighted by atomic mass is 16.5. The molecule has 358 valence electrons. The molecule has 0 radical (unpaired) electrons. The number of benzene rings is 6. The lowest BCUT2D eigenvalue weighted by Crippen LogP contribution is -2.57. The topological polar surface area (TPSA) is 176 Å². The van der Waals surface area contributed by atoms with Crippen LogP contribution in [0.15, 0.2) is 176 Å². The molecule has 0 aromatic heterocycles. The van der Waals surface area contributed by atoms with Gasteiger partial charge in [-0.25, -0.2) is 24.0 Å². The third-order valence-electron chi connectivity index (χ3n) is 11.4. The van der Waals surface area contributed by atoms with E-state index in [1.807, 2.05) is 140 Å². The molecule has 0 aliphatic heterocycles. The van der Waals surface area contributed by atoms with E-state index in [0.29, 0.717) is 67.1 Å². The van der Waals surface area contributed by atoms with Crippen molar-refractivity contribution in [3.8, 4) is 5.75 Å². The molecule has 0 saturated heterocycles. The number of hydrogen-bond acceptors (Lipinski definition) is 6. The number of unbranched alkanes of at least 4 members (excludes halogenated alkanes) is 1. The summed E-state index contributed by atoms with van der Waals surface area (Å²) < 4.78 is 5.40. The molecule has 6 aromatic rings. The van der Waals surface area contributed by atoms with Gasteiger partial charge in [0.2, 0.25) is 0 Å². The van der Waals surface area contributed by atoms with E-state index in [4.69, 9.17) is 4.74 Å². The van der Waals surface area contributed by atoms with Gasteiger partial charge >= 0.3 is 30.2 Å². The number of carbonyl (C=O) groups excluding carboxylic acids is 5. The molecule has 2 atom stereocenters. The Labute approximate surface area is 404 Å². The van der Waals surface area contributed by atoms with Crippen LogP contribution in [0.5, 0.6) is 5.75 Å². The van der Waals surface area contributed by atoms with Crippen molar-refractivity contribution in [3.05, 3.63) is 187 Å². The van der Waals surface area contributed by atoms with E-state index in [1.165, 1.54) is 0 Å². The summed E-state index contributed by atoms with van der Waals surface area (Å²) in [6, 6.07) is 49.9. The molecule has 0 heterocycles. The number of anilines is 4. The summed E-state index contributed by atoms with van der Waals surface area (Å²) in [6.45, 7) is 0.678. The summed E-state index contributed by atoms with van der Waals surface area (Å²) in [5, 5.41) is 16.9. The fraction of sp³-hybridized carbons (Fsp3) is 0.241. The Bertz CT molecular complexity index is 2500. The van der Waals surface area contributed by atoms with Crippen molar-refractivity contribution in [2.24, 2.45) is 0 Å². The summed E-state index contributed by atoms with van der Waals surface area (Å²) >= 11 is 0. The first-order valence-corrected chi connectivity index (χ1v) is 23.0. The molecule has 0 spiro atoms. The molecule has 1 unspecified atom stereocenters. The van der Waals surface area contributed by atoms with Crippen molar-refractivity contribution < 1.29 is 28.7 Å². The maximum atomic E-state index is 14.9. The second kappa shape index (κ2) is 26.7. The molecule has 0 bridgehead atoms. The molecule has 0 saturated carbocycles. The number of ether oxygens (including phenoxy) is 1. The fourth-order valence-electron chi connectivity index (χ4n) is 7.69. The predicted molar refractivity (Wildman–Crippen MR) is 273 cm³/mol. The van der Waals surface area contributed by atoms with Crippen molar-refractivity contribution in [2.75, 3.05) is 61.6 Å². The van der Waals surface area contributed by atoms with Crippen molar-refractivity contribution in [1.29, 1.82) is 0 Å². The number of nitrogens with zero attached hydrogens (tertiary/aromatic N) is 3. The van der Waals surface area contributed by atoms with Gasteiger partial charge in [0, 0.05) is 56.0 Å². The van der Waals surface area contributed by atoms with Crippen LogP contribution in [0.2, 0.25) is 0 Å². The van der Waals surface area contributed by atoms with Crippen LogP contribution in [0.4, 0.5) is 46.7 Å². The molecule has 0 aliphatic rings. The summed E-state index contributed by atoms with van der Waals surface area (Å²) in [5.74, 6) is 0.715. The average Bonchev–Trinajstić information content (AvgIpc) is 3.37. The lowest BCUT2D eigenvalue weighted by molar-refractivity contribution is 0.135. The fourth-order valence-corrected chi connectivity index (χ4v) is 7.69. The van der Waals surface area contributed by atoms with Gasteiger partial charge in [0.05, 0.1) is 19.2 Å². The first-order valence-electron chi connectivity index (χ1n) is 23.0. The Kier molecular flexibility index (Phi) is 19.4. The van der Waals surface area contributed by atoms with E-state index in [0.717, 1.165) is 11.1 Å². The number of methoxy groups -OCH3 is 1. The smallest absolute Gasteiger partial charge is 0.327 e.